The lowest BCUT2D eigenvalue weighted by Gasteiger charge is -2.43. The van der Waals surface area contributed by atoms with Crippen molar-refractivity contribution >= 4 is 21.6 Å². The summed E-state index contributed by atoms with van der Waals surface area (Å²) in [6.45, 7) is 7.79. The average molecular weight is 450 g/mol. The Balaban J connectivity index is 1.61. The molecule has 1 aliphatic rings. The highest BCUT2D eigenvalue weighted by molar-refractivity contribution is 7.92. The second kappa shape index (κ2) is 9.76. The van der Waals surface area contributed by atoms with Crippen LogP contribution in [0.5, 0.6) is 0 Å². The average Bonchev–Trinajstić information content (AvgIpc) is 2.78. The molecule has 1 fully saturated rings. The summed E-state index contributed by atoms with van der Waals surface area (Å²) in [5.74, 6) is -0.733. The molecule has 2 aromatic rings. The quantitative estimate of drug-likeness (QED) is 0.647. The first kappa shape index (κ1) is 23.2. The number of hydrogen-bond acceptors (Lipinski definition) is 5. The van der Waals surface area contributed by atoms with Crippen LogP contribution in [0.25, 0.3) is 0 Å². The molecule has 0 bridgehead atoms. The third-order valence-electron chi connectivity index (χ3n) is 5.69. The lowest BCUT2D eigenvalue weighted by molar-refractivity contribution is -0.0169. The predicted molar refractivity (Wildman–Crippen MR) is 117 cm³/mol. The summed E-state index contributed by atoms with van der Waals surface area (Å²) in [5, 5.41) is 2.99. The van der Waals surface area contributed by atoms with Gasteiger partial charge in [-0.25, -0.2) is 12.8 Å². The standard InChI is InChI=1S/C22H28FN3O4S/c1-3-22(2,26-12-14-30-15-13-26)16-24-21(27)17-4-8-19(9-5-17)25-31(28,29)20-10-6-18(23)7-11-20/h4-11,25H,3,12-16H2,1-2H3,(H,24,27). The van der Waals surface area contributed by atoms with Crippen LogP contribution in [0.1, 0.15) is 30.6 Å². The molecule has 0 radical (unpaired) electrons. The molecule has 0 aromatic heterocycles. The number of carbonyl (C=O) groups excluding carboxylic acids is 1. The number of anilines is 1. The normalized spacial score (nSPS) is 17.0. The number of benzene rings is 2. The molecule has 1 heterocycles. The molecule has 9 heteroatoms. The van der Waals surface area contributed by atoms with Gasteiger partial charge in [0.2, 0.25) is 0 Å². The first-order valence-electron chi connectivity index (χ1n) is 10.2. The van der Waals surface area contributed by atoms with E-state index in [1.54, 1.807) is 12.1 Å². The van der Waals surface area contributed by atoms with Crippen LogP contribution >= 0.6 is 0 Å². The van der Waals surface area contributed by atoms with Crippen LogP contribution in [-0.2, 0) is 14.8 Å². The van der Waals surface area contributed by atoms with Crippen molar-refractivity contribution in [3.05, 3.63) is 59.9 Å². The molecule has 1 amide bonds. The second-order valence-electron chi connectivity index (χ2n) is 7.77. The van der Waals surface area contributed by atoms with E-state index >= 15 is 0 Å². The fourth-order valence-electron chi connectivity index (χ4n) is 3.45. The van der Waals surface area contributed by atoms with Crippen LogP contribution in [-0.4, -0.2) is 57.6 Å². The summed E-state index contributed by atoms with van der Waals surface area (Å²) >= 11 is 0. The van der Waals surface area contributed by atoms with Gasteiger partial charge in [0.25, 0.3) is 15.9 Å². The van der Waals surface area contributed by atoms with Crippen molar-refractivity contribution in [1.82, 2.24) is 10.2 Å². The molecule has 2 aromatic carbocycles. The fraction of sp³-hybridized carbons (Fsp3) is 0.409. The summed E-state index contributed by atoms with van der Waals surface area (Å²) < 4.78 is 45.7. The maximum atomic E-state index is 13.0. The zero-order chi connectivity index (χ0) is 22.5. The van der Waals surface area contributed by atoms with E-state index in [1.165, 1.54) is 24.3 Å². The Labute approximate surface area is 182 Å². The maximum absolute atomic E-state index is 13.0. The van der Waals surface area contributed by atoms with Crippen LogP contribution in [0.3, 0.4) is 0 Å². The van der Waals surface area contributed by atoms with Crippen molar-refractivity contribution in [2.24, 2.45) is 0 Å². The van der Waals surface area contributed by atoms with Gasteiger partial charge in [-0.05, 0) is 61.9 Å². The van der Waals surface area contributed by atoms with Crippen molar-refractivity contribution in [2.75, 3.05) is 37.6 Å². The monoisotopic (exact) mass is 449 g/mol. The Morgan fingerprint density at radius 3 is 2.29 bits per heavy atom. The lowest BCUT2D eigenvalue weighted by atomic mass is 9.95. The number of rotatable bonds is 8. The number of nitrogens with one attached hydrogen (secondary N) is 2. The van der Waals surface area contributed by atoms with E-state index in [4.69, 9.17) is 4.74 Å². The predicted octanol–water partition coefficient (Wildman–Crippen LogP) is 2.86. The van der Waals surface area contributed by atoms with E-state index in [0.717, 1.165) is 31.6 Å². The molecule has 0 saturated carbocycles. The molecular formula is C22H28FN3O4S. The summed E-state index contributed by atoms with van der Waals surface area (Å²) in [4.78, 5) is 14.9. The number of halogens is 1. The van der Waals surface area contributed by atoms with Crippen molar-refractivity contribution in [2.45, 2.75) is 30.7 Å². The van der Waals surface area contributed by atoms with Gasteiger partial charge in [0.05, 0.1) is 18.1 Å². The Hall–Kier alpha value is -2.49. The number of amides is 1. The number of nitrogens with zero attached hydrogens (tertiary/aromatic N) is 1. The molecule has 1 unspecified atom stereocenters. The van der Waals surface area contributed by atoms with E-state index in [-0.39, 0.29) is 16.3 Å². The van der Waals surface area contributed by atoms with Crippen molar-refractivity contribution in [1.29, 1.82) is 0 Å². The number of morpholine rings is 1. The number of sulfonamides is 1. The minimum absolute atomic E-state index is 0.0438. The van der Waals surface area contributed by atoms with E-state index in [9.17, 15) is 17.6 Å². The highest BCUT2D eigenvalue weighted by Crippen LogP contribution is 2.21. The van der Waals surface area contributed by atoms with Crippen molar-refractivity contribution < 1.29 is 22.3 Å². The Morgan fingerprint density at radius 1 is 1.10 bits per heavy atom. The van der Waals surface area contributed by atoms with Gasteiger partial charge in [0, 0.05) is 36.4 Å². The van der Waals surface area contributed by atoms with E-state index in [0.29, 0.717) is 31.0 Å². The first-order chi connectivity index (χ1) is 14.7. The van der Waals surface area contributed by atoms with E-state index in [2.05, 4.69) is 28.8 Å². The van der Waals surface area contributed by atoms with Crippen molar-refractivity contribution in [3.63, 3.8) is 0 Å². The smallest absolute Gasteiger partial charge is 0.261 e. The highest BCUT2D eigenvalue weighted by atomic mass is 32.2. The largest absolute Gasteiger partial charge is 0.379 e. The molecule has 3 rings (SSSR count). The third-order valence-corrected chi connectivity index (χ3v) is 7.09. The van der Waals surface area contributed by atoms with Crippen LogP contribution in [0, 0.1) is 5.82 Å². The lowest BCUT2D eigenvalue weighted by Crippen LogP contribution is -2.56. The third kappa shape index (κ3) is 5.81. The second-order valence-corrected chi connectivity index (χ2v) is 9.45. The zero-order valence-corrected chi connectivity index (χ0v) is 18.5. The molecular weight excluding hydrogens is 421 g/mol. The van der Waals surface area contributed by atoms with Gasteiger partial charge < -0.3 is 10.1 Å². The SMILES string of the molecule is CCC(C)(CNC(=O)c1ccc(NS(=O)(=O)c2ccc(F)cc2)cc1)N1CCOCC1. The summed E-state index contributed by atoms with van der Waals surface area (Å²) in [7, 11) is -3.84. The van der Waals surface area contributed by atoms with Crippen LogP contribution in [0.2, 0.25) is 0 Å². The van der Waals surface area contributed by atoms with Gasteiger partial charge in [-0.15, -0.1) is 0 Å². The molecule has 1 aliphatic heterocycles. The number of hydrogen-bond donors (Lipinski definition) is 2. The Bertz CT molecular complexity index is 990. The van der Waals surface area contributed by atoms with Gasteiger partial charge in [-0.2, -0.15) is 0 Å². The molecule has 2 N–H and O–H groups in total. The van der Waals surface area contributed by atoms with Gasteiger partial charge in [0.15, 0.2) is 0 Å². The van der Waals surface area contributed by atoms with Crippen LogP contribution in [0.4, 0.5) is 10.1 Å². The van der Waals surface area contributed by atoms with Gasteiger partial charge in [-0.1, -0.05) is 6.92 Å². The van der Waals surface area contributed by atoms with E-state index < -0.39 is 15.8 Å². The summed E-state index contributed by atoms with van der Waals surface area (Å²) in [6.07, 6.45) is 0.886. The number of carbonyl (C=O) groups is 1. The molecule has 1 atom stereocenters. The van der Waals surface area contributed by atoms with Crippen LogP contribution in [0.15, 0.2) is 53.4 Å². The molecule has 0 aliphatic carbocycles. The summed E-state index contributed by atoms with van der Waals surface area (Å²) in [6, 6.07) is 10.7. The molecule has 168 valence electrons. The zero-order valence-electron chi connectivity index (χ0n) is 17.7. The molecule has 7 nitrogen and oxygen atoms in total. The minimum Gasteiger partial charge on any atom is -0.379 e. The van der Waals surface area contributed by atoms with Gasteiger partial charge in [-0.3, -0.25) is 14.4 Å². The summed E-state index contributed by atoms with van der Waals surface area (Å²) in [5.41, 5.74) is 0.585. The number of ether oxygens (including phenoxy) is 1. The molecule has 31 heavy (non-hydrogen) atoms. The minimum atomic E-state index is -3.84. The van der Waals surface area contributed by atoms with E-state index in [1.807, 2.05) is 0 Å². The topological polar surface area (TPSA) is 87.7 Å². The van der Waals surface area contributed by atoms with Crippen LogP contribution < -0.4 is 10.0 Å². The first-order valence-corrected chi connectivity index (χ1v) is 11.7. The maximum Gasteiger partial charge on any atom is 0.261 e. The molecule has 0 spiro atoms. The Kier molecular flexibility index (Phi) is 7.30. The molecule has 1 saturated heterocycles. The van der Waals surface area contributed by atoms with Gasteiger partial charge >= 0.3 is 0 Å². The highest BCUT2D eigenvalue weighted by Gasteiger charge is 2.31. The fourth-order valence-corrected chi connectivity index (χ4v) is 4.51. The van der Waals surface area contributed by atoms with Crippen molar-refractivity contribution in [3.8, 4) is 0 Å². The van der Waals surface area contributed by atoms with Gasteiger partial charge in [0.1, 0.15) is 5.82 Å². The Morgan fingerprint density at radius 2 is 1.71 bits per heavy atom.